The van der Waals surface area contributed by atoms with Crippen LogP contribution in [0.1, 0.15) is 0 Å². The lowest BCUT2D eigenvalue weighted by molar-refractivity contribution is -0.438. The van der Waals surface area contributed by atoms with E-state index < -0.39 is 41.2 Å². The molecule has 22 heavy (non-hydrogen) atoms. The summed E-state index contributed by atoms with van der Waals surface area (Å²) in [7, 11) is -10.5. The Morgan fingerprint density at radius 1 is 0.864 bits per heavy atom. The Labute approximate surface area is 132 Å². The first-order chi connectivity index (χ1) is 9.16. The van der Waals surface area contributed by atoms with Crippen molar-refractivity contribution in [3.8, 4) is 0 Å². The van der Waals surface area contributed by atoms with Gasteiger partial charge in [0.2, 0.25) is 0 Å². The zero-order chi connectivity index (χ0) is 18.4. The molecule has 0 saturated heterocycles. The maximum absolute atomic E-state index is 13.2. The molecule has 0 unspecified atom stereocenters. The third kappa shape index (κ3) is 4.76. The molecule has 0 fully saturated rings. The lowest BCUT2D eigenvalue weighted by Gasteiger charge is -2.29. The van der Waals surface area contributed by atoms with E-state index in [0.29, 0.717) is 12.5 Å². The smallest absolute Gasteiger partial charge is 0.249 e. The number of alkyl halides is 9. The summed E-state index contributed by atoms with van der Waals surface area (Å²) in [4.78, 5) is 0. The van der Waals surface area contributed by atoms with Gasteiger partial charge < -0.3 is 0 Å². The van der Waals surface area contributed by atoms with E-state index in [1.807, 2.05) is 8.50 Å². The largest absolute Gasteiger partial charge is 0.456 e. The highest BCUT2D eigenvalue weighted by atomic mass is 127. The summed E-state index contributed by atoms with van der Waals surface area (Å²) in [5.74, 6) is 0. The van der Waals surface area contributed by atoms with Gasteiger partial charge in [-0.1, -0.05) is 0 Å². The van der Waals surface area contributed by atoms with E-state index in [1.54, 1.807) is 0 Å². The first-order valence-corrected chi connectivity index (χ1v) is 9.35. The molecular weight excluding hydrogens is 493 g/mol. The van der Waals surface area contributed by atoms with Gasteiger partial charge >= 0.3 is 31.4 Å². The van der Waals surface area contributed by atoms with Crippen LogP contribution in [0.4, 0.5) is 35.1 Å². The maximum Gasteiger partial charge on any atom is 0.456 e. The van der Waals surface area contributed by atoms with Gasteiger partial charge in [-0.25, -0.2) is 8.95 Å². The van der Waals surface area contributed by atoms with Crippen LogP contribution in [0.5, 0.6) is 0 Å². The predicted molar refractivity (Wildman–Crippen MR) is 66.2 cm³/mol. The third-order valence-electron chi connectivity index (χ3n) is 1.53. The van der Waals surface area contributed by atoms with Crippen molar-refractivity contribution in [3.63, 3.8) is 0 Å². The number of hydrogen-bond donors (Lipinski definition) is 0. The van der Waals surface area contributed by atoms with Gasteiger partial charge in [0.1, 0.15) is 0 Å². The SMILES string of the molecule is CS(C)(=O)=NS(=O)(=O)C(F)(F)C(F)(F)OC(F)(F)C(F)(F)I. The van der Waals surface area contributed by atoms with Gasteiger partial charge in [0.15, 0.2) is 0 Å². The normalized spacial score (nSPS) is 15.8. The summed E-state index contributed by atoms with van der Waals surface area (Å²) >= 11 is -0.375. The van der Waals surface area contributed by atoms with Crippen LogP contribution >= 0.6 is 22.6 Å². The maximum atomic E-state index is 13.2. The molecule has 0 aliphatic carbocycles. The molecule has 0 amide bonds. The van der Waals surface area contributed by atoms with E-state index >= 15 is 0 Å². The Morgan fingerprint density at radius 3 is 1.50 bits per heavy atom. The molecule has 0 atom stereocenters. The molecule has 0 saturated carbocycles. The summed E-state index contributed by atoms with van der Waals surface area (Å²) in [6.07, 6.45) is -11.8. The second-order valence-corrected chi connectivity index (χ2v) is 9.66. The number of ether oxygens (including phenoxy) is 1. The molecule has 0 spiro atoms. The van der Waals surface area contributed by atoms with Crippen LogP contribution in [0.2, 0.25) is 0 Å². The highest BCUT2D eigenvalue weighted by Crippen LogP contribution is 2.49. The second-order valence-electron chi connectivity index (χ2n) is 3.88. The van der Waals surface area contributed by atoms with E-state index in [1.165, 1.54) is 0 Å². The fourth-order valence-corrected chi connectivity index (χ4v) is 3.43. The van der Waals surface area contributed by atoms with Crippen molar-refractivity contribution in [1.29, 1.82) is 0 Å². The van der Waals surface area contributed by atoms with Crippen LogP contribution in [-0.2, 0) is 24.5 Å². The minimum Gasteiger partial charge on any atom is -0.249 e. The molecule has 16 heteroatoms. The van der Waals surface area contributed by atoms with E-state index in [9.17, 15) is 47.8 Å². The molecule has 0 aromatic rings. The highest BCUT2D eigenvalue weighted by molar-refractivity contribution is 14.1. The highest BCUT2D eigenvalue weighted by Gasteiger charge is 2.74. The van der Waals surface area contributed by atoms with Crippen LogP contribution in [0, 0.1) is 0 Å². The summed E-state index contributed by atoms with van der Waals surface area (Å²) in [5, 5.41) is -6.47. The molecule has 0 radical (unpaired) electrons. The molecule has 0 rings (SSSR count). The standard InChI is InChI=1S/C6H6F8INO4S2/c1-21(2,17)16-22(18,19)6(13,14)5(11,12)20-4(9,10)3(7,8)15/h1-2H3. The Balaban J connectivity index is 5.96. The molecule has 5 nitrogen and oxygen atoms in total. The topological polar surface area (TPSA) is 72.8 Å². The average Bonchev–Trinajstić information content (AvgIpc) is 2.08. The van der Waals surface area contributed by atoms with Crippen molar-refractivity contribution in [2.45, 2.75) is 21.4 Å². The van der Waals surface area contributed by atoms with Crippen molar-refractivity contribution in [1.82, 2.24) is 0 Å². The van der Waals surface area contributed by atoms with Gasteiger partial charge in [0.05, 0.1) is 9.73 Å². The van der Waals surface area contributed by atoms with Crippen LogP contribution in [-0.4, -0.2) is 46.5 Å². The zero-order valence-corrected chi connectivity index (χ0v) is 14.1. The predicted octanol–water partition coefficient (Wildman–Crippen LogP) is 2.87. The van der Waals surface area contributed by atoms with Crippen molar-refractivity contribution in [2.24, 2.45) is 3.77 Å². The van der Waals surface area contributed by atoms with Crippen molar-refractivity contribution < 1.29 is 52.5 Å². The first kappa shape index (κ1) is 22.0. The molecule has 0 aromatic heterocycles. The molecule has 0 bridgehead atoms. The van der Waals surface area contributed by atoms with Crippen LogP contribution < -0.4 is 0 Å². The number of hydrogen-bond acceptors (Lipinski definition) is 4. The summed E-state index contributed by atoms with van der Waals surface area (Å²) in [6, 6.07) is 0. The van der Waals surface area contributed by atoms with Gasteiger partial charge in [-0.3, -0.25) is 0 Å². The van der Waals surface area contributed by atoms with E-state index in [-0.39, 0.29) is 22.6 Å². The fourth-order valence-electron chi connectivity index (χ4n) is 0.712. The molecule has 0 aliphatic heterocycles. The second kappa shape index (κ2) is 5.83. The molecule has 134 valence electrons. The average molecular weight is 499 g/mol. The van der Waals surface area contributed by atoms with Crippen molar-refractivity contribution >= 4 is 42.3 Å². The van der Waals surface area contributed by atoms with Crippen LogP contribution in [0.3, 0.4) is 0 Å². The quantitative estimate of drug-likeness (QED) is 0.320. The fraction of sp³-hybridized carbons (Fsp3) is 1.00. The number of halogens is 9. The van der Waals surface area contributed by atoms with Crippen LogP contribution in [0.25, 0.3) is 0 Å². The number of sulfonamides is 1. The first-order valence-electron chi connectivity index (χ1n) is 4.49. The zero-order valence-electron chi connectivity index (χ0n) is 10.3. The Morgan fingerprint density at radius 2 is 1.23 bits per heavy atom. The van der Waals surface area contributed by atoms with Gasteiger partial charge in [-0.2, -0.15) is 43.5 Å². The molecule has 0 aromatic carbocycles. The Kier molecular flexibility index (Phi) is 5.84. The summed E-state index contributed by atoms with van der Waals surface area (Å²) in [6.45, 7) is 0. The monoisotopic (exact) mass is 499 g/mol. The Hall–Kier alpha value is 0.0300. The van der Waals surface area contributed by atoms with E-state index in [4.69, 9.17) is 0 Å². The number of rotatable bonds is 6. The number of nitrogens with zero attached hydrogens (tertiary/aromatic N) is 1. The van der Waals surface area contributed by atoms with Gasteiger partial charge in [0.25, 0.3) is 0 Å². The molecule has 0 aliphatic rings. The van der Waals surface area contributed by atoms with Crippen molar-refractivity contribution in [3.05, 3.63) is 0 Å². The Bertz CT molecular complexity index is 640. The third-order valence-corrected chi connectivity index (χ3v) is 5.26. The van der Waals surface area contributed by atoms with Gasteiger partial charge in [-0.15, -0.1) is 3.77 Å². The minimum atomic E-state index is -6.63. The van der Waals surface area contributed by atoms with Crippen molar-refractivity contribution in [2.75, 3.05) is 12.5 Å². The summed E-state index contributed by atoms with van der Waals surface area (Å²) < 4.78 is 134. The minimum absolute atomic E-state index is 0.375. The lowest BCUT2D eigenvalue weighted by Crippen LogP contribution is -2.54. The lowest BCUT2D eigenvalue weighted by atomic mass is 10.6. The molecule has 0 N–H and O–H groups in total. The van der Waals surface area contributed by atoms with Crippen LogP contribution in [0.15, 0.2) is 3.77 Å². The van der Waals surface area contributed by atoms with Gasteiger partial charge in [-0.05, 0) is 0 Å². The van der Waals surface area contributed by atoms with Gasteiger partial charge in [0, 0.05) is 35.1 Å². The van der Waals surface area contributed by atoms with E-state index in [2.05, 4.69) is 0 Å². The summed E-state index contributed by atoms with van der Waals surface area (Å²) in [5.41, 5.74) is 0. The molecule has 0 heterocycles. The van der Waals surface area contributed by atoms with E-state index in [0.717, 1.165) is 0 Å². The molecular formula is C6H6F8INO4S2.